The number of carbonyl (C=O) groups is 1. The van der Waals surface area contributed by atoms with Crippen molar-refractivity contribution in [3.63, 3.8) is 0 Å². The minimum Gasteiger partial charge on any atom is -0.494 e. The molecule has 2 aromatic rings. The fraction of sp³-hybridized carbons (Fsp3) is 0.542. The Balaban J connectivity index is 1.64. The Labute approximate surface area is 184 Å². The highest BCUT2D eigenvalue weighted by Gasteiger charge is 2.41. The van der Waals surface area contributed by atoms with Crippen LogP contribution in [0.2, 0.25) is 0 Å². The molecule has 1 aliphatic heterocycles. The zero-order valence-corrected chi connectivity index (χ0v) is 19.1. The number of aromatic nitrogens is 2. The van der Waals surface area contributed by atoms with E-state index >= 15 is 0 Å². The van der Waals surface area contributed by atoms with Gasteiger partial charge >= 0.3 is 0 Å². The Hall–Kier alpha value is -2.67. The van der Waals surface area contributed by atoms with Gasteiger partial charge in [0.25, 0.3) is 5.91 Å². The average Bonchev–Trinajstić information content (AvgIpc) is 2.64. The number of rotatable bonds is 9. The number of ether oxygens (including phenoxy) is 2. The first-order chi connectivity index (χ1) is 14.7. The molecule has 1 unspecified atom stereocenters. The van der Waals surface area contributed by atoms with E-state index in [1.807, 2.05) is 39.0 Å². The summed E-state index contributed by atoms with van der Waals surface area (Å²) in [5, 5.41) is 10.2. The topological polar surface area (TPSA) is 84.8 Å². The van der Waals surface area contributed by atoms with Crippen LogP contribution in [0.5, 0.6) is 11.5 Å². The van der Waals surface area contributed by atoms with Crippen LogP contribution in [0.3, 0.4) is 0 Å². The minimum atomic E-state index is -0.914. The van der Waals surface area contributed by atoms with Crippen molar-refractivity contribution in [3.8, 4) is 11.5 Å². The van der Waals surface area contributed by atoms with Crippen LogP contribution in [0.15, 0.2) is 30.6 Å². The zero-order chi connectivity index (χ0) is 22.6. The second kappa shape index (κ2) is 9.64. The number of aryl methyl sites for hydroxylation is 2. The summed E-state index contributed by atoms with van der Waals surface area (Å²) in [6, 6.07) is 5.76. The van der Waals surface area contributed by atoms with Crippen molar-refractivity contribution >= 4 is 5.91 Å². The van der Waals surface area contributed by atoms with E-state index in [-0.39, 0.29) is 18.1 Å². The van der Waals surface area contributed by atoms with E-state index in [2.05, 4.69) is 9.97 Å². The predicted octanol–water partition coefficient (Wildman–Crippen LogP) is 3.43. The summed E-state index contributed by atoms with van der Waals surface area (Å²) in [6.07, 6.45) is 5.41. The number of likely N-dealkylation sites (tertiary alicyclic amines) is 1. The van der Waals surface area contributed by atoms with E-state index in [0.717, 1.165) is 29.9 Å². The summed E-state index contributed by atoms with van der Waals surface area (Å²) in [5.41, 5.74) is 0.616. The van der Waals surface area contributed by atoms with Crippen molar-refractivity contribution in [3.05, 3.63) is 47.5 Å². The molecule has 1 saturated heterocycles. The Morgan fingerprint density at radius 1 is 1.19 bits per heavy atom. The molecule has 7 nitrogen and oxygen atoms in total. The van der Waals surface area contributed by atoms with Gasteiger partial charge in [0.1, 0.15) is 17.3 Å². The maximum atomic E-state index is 12.7. The number of hydrogen-bond donors (Lipinski definition) is 1. The van der Waals surface area contributed by atoms with Crippen molar-refractivity contribution in [1.29, 1.82) is 0 Å². The molecule has 1 aliphatic rings. The molecule has 3 rings (SSSR count). The fourth-order valence-corrected chi connectivity index (χ4v) is 3.75. The quantitative estimate of drug-likeness (QED) is 0.660. The molecule has 1 atom stereocenters. The summed E-state index contributed by atoms with van der Waals surface area (Å²) >= 11 is 0. The third kappa shape index (κ3) is 5.94. The first-order valence-corrected chi connectivity index (χ1v) is 10.9. The van der Waals surface area contributed by atoms with Crippen molar-refractivity contribution in [2.45, 2.75) is 71.6 Å². The van der Waals surface area contributed by atoms with Gasteiger partial charge in [-0.2, -0.15) is 0 Å². The van der Waals surface area contributed by atoms with Gasteiger partial charge in [-0.15, -0.1) is 0 Å². The van der Waals surface area contributed by atoms with Gasteiger partial charge in [0, 0.05) is 31.4 Å². The van der Waals surface area contributed by atoms with Gasteiger partial charge < -0.3 is 19.5 Å². The van der Waals surface area contributed by atoms with Gasteiger partial charge in [-0.3, -0.25) is 4.79 Å². The predicted molar refractivity (Wildman–Crippen MR) is 119 cm³/mol. The summed E-state index contributed by atoms with van der Waals surface area (Å²) < 4.78 is 11.5. The lowest BCUT2D eigenvalue weighted by molar-refractivity contribution is -0.0550. The maximum absolute atomic E-state index is 12.7. The highest BCUT2D eigenvalue weighted by Crippen LogP contribution is 2.29. The first kappa shape index (κ1) is 23.0. The molecule has 0 aliphatic carbocycles. The monoisotopic (exact) mass is 427 g/mol. The van der Waals surface area contributed by atoms with Gasteiger partial charge in [0.2, 0.25) is 0 Å². The van der Waals surface area contributed by atoms with Crippen LogP contribution in [0, 0.1) is 0 Å². The third-order valence-corrected chi connectivity index (χ3v) is 5.31. The number of aliphatic hydroxyl groups is 1. The van der Waals surface area contributed by atoms with E-state index in [1.54, 1.807) is 31.1 Å². The van der Waals surface area contributed by atoms with Crippen LogP contribution >= 0.6 is 0 Å². The molecule has 31 heavy (non-hydrogen) atoms. The van der Waals surface area contributed by atoms with E-state index in [4.69, 9.17) is 9.47 Å². The van der Waals surface area contributed by atoms with Gasteiger partial charge in [-0.05, 0) is 65.2 Å². The second-order valence-corrected chi connectivity index (χ2v) is 8.76. The van der Waals surface area contributed by atoms with Crippen LogP contribution < -0.4 is 9.47 Å². The van der Waals surface area contributed by atoms with Gasteiger partial charge in [-0.1, -0.05) is 0 Å². The maximum Gasteiger partial charge on any atom is 0.257 e. The second-order valence-electron chi connectivity index (χ2n) is 8.76. The van der Waals surface area contributed by atoms with E-state index in [0.29, 0.717) is 31.0 Å². The minimum absolute atomic E-state index is 0.0838. The Morgan fingerprint density at radius 3 is 2.42 bits per heavy atom. The molecule has 0 spiro atoms. The lowest BCUT2D eigenvalue weighted by atomic mass is 9.87. The van der Waals surface area contributed by atoms with Crippen molar-refractivity contribution in [1.82, 2.24) is 14.9 Å². The molecule has 1 N–H and O–H groups in total. The summed E-state index contributed by atoms with van der Waals surface area (Å²) in [6.45, 7) is 10.6. The molecule has 1 fully saturated rings. The summed E-state index contributed by atoms with van der Waals surface area (Å²) in [7, 11) is 0. The molecule has 0 saturated carbocycles. The Morgan fingerprint density at radius 2 is 1.87 bits per heavy atom. The van der Waals surface area contributed by atoms with Crippen molar-refractivity contribution < 1.29 is 19.4 Å². The SMILES string of the molecule is CCOc1cc(CCc2ncc(C(=O)N3CCC3C(C)(C)O)cn2)cc(OC(C)C)c1. The molecular formula is C24H33N3O4. The molecule has 168 valence electrons. The average molecular weight is 428 g/mol. The lowest BCUT2D eigenvalue weighted by Crippen LogP contribution is -2.60. The van der Waals surface area contributed by atoms with Gasteiger partial charge in [0.15, 0.2) is 0 Å². The smallest absolute Gasteiger partial charge is 0.257 e. The number of carbonyl (C=O) groups excluding carboxylic acids is 1. The number of benzene rings is 1. The highest BCUT2D eigenvalue weighted by molar-refractivity contribution is 5.94. The highest BCUT2D eigenvalue weighted by atomic mass is 16.5. The van der Waals surface area contributed by atoms with Crippen molar-refractivity contribution in [2.75, 3.05) is 13.2 Å². The number of amides is 1. The van der Waals surface area contributed by atoms with Crippen LogP contribution in [0.1, 0.15) is 62.8 Å². The fourth-order valence-electron chi connectivity index (χ4n) is 3.75. The molecule has 0 radical (unpaired) electrons. The van der Waals surface area contributed by atoms with Crippen LogP contribution in [-0.4, -0.2) is 56.8 Å². The summed E-state index contributed by atoms with van der Waals surface area (Å²) in [5.74, 6) is 2.11. The molecule has 7 heteroatoms. The number of nitrogens with zero attached hydrogens (tertiary/aromatic N) is 3. The standard InChI is InChI=1S/C24H33N3O4/c1-6-30-19-11-17(12-20(13-19)31-16(2)3)7-8-22-25-14-18(15-26-22)23(28)27-10-9-21(27)24(4,5)29/h11-16,21,29H,6-10H2,1-5H3. The van der Waals surface area contributed by atoms with Crippen LogP contribution in [0.25, 0.3) is 0 Å². The van der Waals surface area contributed by atoms with E-state index in [1.165, 1.54) is 0 Å². The zero-order valence-electron chi connectivity index (χ0n) is 19.1. The molecule has 1 aromatic heterocycles. The van der Waals surface area contributed by atoms with Crippen molar-refractivity contribution in [2.24, 2.45) is 0 Å². The largest absolute Gasteiger partial charge is 0.494 e. The number of hydrogen-bond acceptors (Lipinski definition) is 6. The van der Waals surface area contributed by atoms with E-state index in [9.17, 15) is 9.90 Å². The van der Waals surface area contributed by atoms with Crippen LogP contribution in [-0.2, 0) is 12.8 Å². The third-order valence-electron chi connectivity index (χ3n) is 5.31. The normalized spacial score (nSPS) is 16.2. The van der Waals surface area contributed by atoms with Gasteiger partial charge in [-0.25, -0.2) is 9.97 Å². The van der Waals surface area contributed by atoms with Gasteiger partial charge in [0.05, 0.1) is 29.9 Å². The first-order valence-electron chi connectivity index (χ1n) is 10.9. The molecular weight excluding hydrogens is 394 g/mol. The Kier molecular flexibility index (Phi) is 7.15. The molecule has 1 amide bonds. The van der Waals surface area contributed by atoms with E-state index < -0.39 is 5.60 Å². The lowest BCUT2D eigenvalue weighted by Gasteiger charge is -2.47. The Bertz CT molecular complexity index is 891. The van der Waals surface area contributed by atoms with Crippen LogP contribution in [0.4, 0.5) is 0 Å². The summed E-state index contributed by atoms with van der Waals surface area (Å²) in [4.78, 5) is 23.2. The molecule has 0 bridgehead atoms. The molecule has 2 heterocycles. The molecule has 1 aromatic carbocycles.